The van der Waals surface area contributed by atoms with E-state index in [-0.39, 0.29) is 0 Å². The van der Waals surface area contributed by atoms with Crippen molar-refractivity contribution in [1.29, 1.82) is 0 Å². The lowest BCUT2D eigenvalue weighted by molar-refractivity contribution is -0.915. The standard InChI is InChI=1S/C22H29NO3/c1-18-16-23(17-19(2)25-18)13-6-7-14-24-21-11-8-12-22(15-21)26-20-9-4-3-5-10-20/h3-5,8-12,15,18-19H,6-7,13-14,16-17H2,1-2H3/p+1/t18-,19+. The summed E-state index contributed by atoms with van der Waals surface area (Å²) in [6, 6.07) is 17.6. The molecule has 0 radical (unpaired) electrons. The lowest BCUT2D eigenvalue weighted by atomic mass is 10.2. The van der Waals surface area contributed by atoms with Gasteiger partial charge in [-0.25, -0.2) is 0 Å². The number of quaternary nitrogens is 1. The van der Waals surface area contributed by atoms with Crippen LogP contribution in [-0.2, 0) is 4.74 Å². The third kappa shape index (κ3) is 6.04. The molecule has 1 aliphatic rings. The molecule has 1 unspecified atom stereocenters. The number of rotatable bonds is 8. The molecule has 2 aromatic rings. The number of unbranched alkanes of at least 4 members (excludes halogenated alkanes) is 1. The molecule has 1 saturated heterocycles. The van der Waals surface area contributed by atoms with Crippen LogP contribution < -0.4 is 14.4 Å². The van der Waals surface area contributed by atoms with Crippen LogP contribution in [0, 0.1) is 0 Å². The minimum absolute atomic E-state index is 0.373. The Hall–Kier alpha value is -2.04. The molecule has 1 fully saturated rings. The Morgan fingerprint density at radius 3 is 2.35 bits per heavy atom. The van der Waals surface area contributed by atoms with Crippen LogP contribution in [0.15, 0.2) is 54.6 Å². The van der Waals surface area contributed by atoms with Crippen molar-refractivity contribution in [2.75, 3.05) is 26.2 Å². The van der Waals surface area contributed by atoms with Gasteiger partial charge in [-0.05, 0) is 51.0 Å². The van der Waals surface area contributed by atoms with Gasteiger partial charge >= 0.3 is 0 Å². The molecular formula is C22H30NO3+. The van der Waals surface area contributed by atoms with Gasteiger partial charge in [0.25, 0.3) is 0 Å². The van der Waals surface area contributed by atoms with Crippen LogP contribution in [0.4, 0.5) is 0 Å². The first-order valence-corrected chi connectivity index (χ1v) is 9.64. The quantitative estimate of drug-likeness (QED) is 0.737. The number of hydrogen-bond donors (Lipinski definition) is 1. The summed E-state index contributed by atoms with van der Waals surface area (Å²) in [4.78, 5) is 1.65. The first kappa shape index (κ1) is 18.7. The fourth-order valence-electron chi connectivity index (χ4n) is 3.51. The third-order valence-corrected chi connectivity index (χ3v) is 4.59. The Kier molecular flexibility index (Phi) is 6.92. The first-order valence-electron chi connectivity index (χ1n) is 9.64. The smallest absolute Gasteiger partial charge is 0.131 e. The van der Waals surface area contributed by atoms with Gasteiger partial charge in [-0.2, -0.15) is 0 Å². The van der Waals surface area contributed by atoms with Crippen molar-refractivity contribution < 1.29 is 19.1 Å². The molecule has 0 spiro atoms. The topological polar surface area (TPSA) is 32.1 Å². The van der Waals surface area contributed by atoms with Crippen molar-refractivity contribution in [2.45, 2.75) is 38.9 Å². The van der Waals surface area contributed by atoms with Crippen molar-refractivity contribution in [3.05, 3.63) is 54.6 Å². The van der Waals surface area contributed by atoms with Gasteiger partial charge in [-0.15, -0.1) is 0 Å². The Morgan fingerprint density at radius 2 is 1.58 bits per heavy atom. The van der Waals surface area contributed by atoms with Crippen LogP contribution in [0.2, 0.25) is 0 Å². The zero-order chi connectivity index (χ0) is 18.2. The number of nitrogens with one attached hydrogen (secondary N) is 1. The summed E-state index contributed by atoms with van der Waals surface area (Å²) in [7, 11) is 0. The molecule has 2 aromatic carbocycles. The summed E-state index contributed by atoms with van der Waals surface area (Å²) >= 11 is 0. The zero-order valence-corrected chi connectivity index (χ0v) is 15.8. The number of hydrogen-bond acceptors (Lipinski definition) is 3. The molecular weight excluding hydrogens is 326 g/mol. The lowest BCUT2D eigenvalue weighted by Gasteiger charge is -2.32. The average Bonchev–Trinajstić information content (AvgIpc) is 2.62. The minimum atomic E-state index is 0.373. The second-order valence-electron chi connectivity index (χ2n) is 7.11. The molecule has 0 aliphatic carbocycles. The first-order chi connectivity index (χ1) is 12.7. The average molecular weight is 356 g/mol. The highest BCUT2D eigenvalue weighted by Gasteiger charge is 2.24. The maximum Gasteiger partial charge on any atom is 0.131 e. The predicted octanol–water partition coefficient (Wildman–Crippen LogP) is 3.33. The van der Waals surface area contributed by atoms with Crippen molar-refractivity contribution in [2.24, 2.45) is 0 Å². The molecule has 0 saturated carbocycles. The molecule has 4 heteroatoms. The summed E-state index contributed by atoms with van der Waals surface area (Å²) in [6.07, 6.45) is 2.99. The molecule has 4 nitrogen and oxygen atoms in total. The largest absolute Gasteiger partial charge is 0.493 e. The van der Waals surface area contributed by atoms with E-state index in [1.807, 2.05) is 54.6 Å². The summed E-state index contributed by atoms with van der Waals surface area (Å²) in [5, 5.41) is 0. The maximum atomic E-state index is 5.90. The van der Waals surface area contributed by atoms with Crippen molar-refractivity contribution in [1.82, 2.24) is 0 Å². The second-order valence-corrected chi connectivity index (χ2v) is 7.11. The highest BCUT2D eigenvalue weighted by molar-refractivity contribution is 5.36. The highest BCUT2D eigenvalue weighted by atomic mass is 16.5. The molecule has 3 rings (SSSR count). The molecule has 1 N–H and O–H groups in total. The predicted molar refractivity (Wildman–Crippen MR) is 103 cm³/mol. The number of benzene rings is 2. The van der Waals surface area contributed by atoms with E-state index < -0.39 is 0 Å². The zero-order valence-electron chi connectivity index (χ0n) is 15.8. The van der Waals surface area contributed by atoms with E-state index in [2.05, 4.69) is 13.8 Å². The number of para-hydroxylation sites is 1. The van der Waals surface area contributed by atoms with E-state index in [9.17, 15) is 0 Å². The van der Waals surface area contributed by atoms with E-state index in [0.717, 1.165) is 43.4 Å². The van der Waals surface area contributed by atoms with Crippen LogP contribution >= 0.6 is 0 Å². The van der Waals surface area contributed by atoms with E-state index in [1.165, 1.54) is 13.0 Å². The number of ether oxygens (including phenoxy) is 3. The Morgan fingerprint density at radius 1 is 0.885 bits per heavy atom. The Labute approximate surface area is 156 Å². The summed E-state index contributed by atoms with van der Waals surface area (Å²) in [5.74, 6) is 2.50. The lowest BCUT2D eigenvalue weighted by Crippen LogP contribution is -3.15. The van der Waals surface area contributed by atoms with Crippen LogP contribution in [0.5, 0.6) is 17.2 Å². The van der Waals surface area contributed by atoms with Gasteiger partial charge < -0.3 is 19.1 Å². The highest BCUT2D eigenvalue weighted by Crippen LogP contribution is 2.25. The second kappa shape index (κ2) is 9.60. The van der Waals surface area contributed by atoms with E-state index in [0.29, 0.717) is 12.2 Å². The Balaban J connectivity index is 1.38. The summed E-state index contributed by atoms with van der Waals surface area (Å²) < 4.78 is 17.6. The Bertz CT molecular complexity index is 651. The third-order valence-electron chi connectivity index (χ3n) is 4.59. The van der Waals surface area contributed by atoms with E-state index in [1.54, 1.807) is 4.90 Å². The molecule has 0 aromatic heterocycles. The van der Waals surface area contributed by atoms with Crippen molar-refractivity contribution >= 4 is 0 Å². The molecule has 1 heterocycles. The molecule has 0 amide bonds. The molecule has 1 aliphatic heterocycles. The van der Waals surface area contributed by atoms with Crippen LogP contribution in [0.1, 0.15) is 26.7 Å². The minimum Gasteiger partial charge on any atom is -0.493 e. The monoisotopic (exact) mass is 356 g/mol. The van der Waals surface area contributed by atoms with Gasteiger partial charge in [0.05, 0.1) is 13.2 Å². The maximum absolute atomic E-state index is 5.90. The van der Waals surface area contributed by atoms with Crippen LogP contribution in [0.25, 0.3) is 0 Å². The van der Waals surface area contributed by atoms with Gasteiger partial charge in [-0.3, -0.25) is 0 Å². The van der Waals surface area contributed by atoms with Gasteiger partial charge in [0.1, 0.15) is 42.5 Å². The molecule has 26 heavy (non-hydrogen) atoms. The fraction of sp³-hybridized carbons (Fsp3) is 0.455. The van der Waals surface area contributed by atoms with Gasteiger partial charge in [0, 0.05) is 6.07 Å². The summed E-state index contributed by atoms with van der Waals surface area (Å²) in [6.45, 7) is 8.50. The van der Waals surface area contributed by atoms with Gasteiger partial charge in [-0.1, -0.05) is 24.3 Å². The van der Waals surface area contributed by atoms with E-state index >= 15 is 0 Å². The molecule has 140 valence electrons. The van der Waals surface area contributed by atoms with Crippen LogP contribution in [0.3, 0.4) is 0 Å². The van der Waals surface area contributed by atoms with Crippen molar-refractivity contribution in [3.63, 3.8) is 0 Å². The molecule has 0 bridgehead atoms. The van der Waals surface area contributed by atoms with Crippen molar-refractivity contribution in [3.8, 4) is 17.2 Å². The van der Waals surface area contributed by atoms with Gasteiger partial charge in [0.2, 0.25) is 0 Å². The summed E-state index contributed by atoms with van der Waals surface area (Å²) in [5.41, 5.74) is 0. The van der Waals surface area contributed by atoms with Crippen LogP contribution in [-0.4, -0.2) is 38.4 Å². The molecule has 3 atom stereocenters. The SMILES string of the molecule is C[C@@H]1C[NH+](CCCCOc2cccc(Oc3ccccc3)c2)C[C@H](C)O1. The van der Waals surface area contributed by atoms with E-state index in [4.69, 9.17) is 14.2 Å². The number of morpholine rings is 1. The normalized spacial score (nSPS) is 22.8. The van der Waals surface area contributed by atoms with Gasteiger partial charge in [0.15, 0.2) is 0 Å². The fourth-order valence-corrected chi connectivity index (χ4v) is 3.51.